The Kier molecular flexibility index (Phi) is 3.83. The van der Waals surface area contributed by atoms with E-state index in [2.05, 4.69) is 32.2 Å². The maximum absolute atomic E-state index is 12.1. The third-order valence-electron chi connectivity index (χ3n) is 4.38. The number of aromatic nitrogens is 4. The zero-order valence-electron chi connectivity index (χ0n) is 14.1. The number of H-pyrrole nitrogens is 1. The monoisotopic (exact) mass is 337 g/mol. The van der Waals surface area contributed by atoms with E-state index >= 15 is 0 Å². The average Bonchev–Trinajstić information content (AvgIpc) is 3.18. The highest BCUT2D eigenvalue weighted by atomic mass is 16.5. The van der Waals surface area contributed by atoms with Gasteiger partial charge in [0.25, 0.3) is 0 Å². The van der Waals surface area contributed by atoms with Crippen LogP contribution in [0, 0.1) is 11.8 Å². The van der Waals surface area contributed by atoms with Crippen molar-refractivity contribution < 1.29 is 9.53 Å². The van der Waals surface area contributed by atoms with E-state index in [1.54, 1.807) is 12.4 Å². The Balaban J connectivity index is 1.59. The van der Waals surface area contributed by atoms with E-state index in [1.165, 1.54) is 0 Å². The van der Waals surface area contributed by atoms with Crippen molar-refractivity contribution in [2.45, 2.75) is 20.3 Å². The Labute approximate surface area is 144 Å². The molecule has 1 aliphatic rings. The summed E-state index contributed by atoms with van der Waals surface area (Å²) < 4.78 is 5.35. The zero-order chi connectivity index (χ0) is 17.4. The molecule has 1 saturated carbocycles. The molecular weight excluding hydrogens is 318 g/mol. The molecule has 0 unspecified atom stereocenters. The Hall–Kier alpha value is -2.96. The van der Waals surface area contributed by atoms with Crippen LogP contribution < -0.4 is 10.1 Å². The van der Waals surface area contributed by atoms with Crippen LogP contribution in [-0.4, -0.2) is 32.4 Å². The van der Waals surface area contributed by atoms with E-state index in [4.69, 9.17) is 4.74 Å². The van der Waals surface area contributed by atoms with E-state index in [9.17, 15) is 4.79 Å². The van der Waals surface area contributed by atoms with Gasteiger partial charge in [-0.05, 0) is 31.4 Å². The van der Waals surface area contributed by atoms with Crippen LogP contribution in [0.5, 0.6) is 6.01 Å². The summed E-state index contributed by atoms with van der Waals surface area (Å²) in [5, 5.41) is 3.83. The summed E-state index contributed by atoms with van der Waals surface area (Å²) in [7, 11) is 0. The van der Waals surface area contributed by atoms with E-state index < -0.39 is 0 Å². The van der Waals surface area contributed by atoms with Crippen LogP contribution in [0.2, 0.25) is 0 Å². The number of ether oxygens (including phenoxy) is 1. The minimum Gasteiger partial charge on any atom is -0.464 e. The molecule has 128 valence electrons. The lowest BCUT2D eigenvalue weighted by Crippen LogP contribution is -2.15. The molecule has 1 amide bonds. The van der Waals surface area contributed by atoms with Gasteiger partial charge in [-0.3, -0.25) is 4.79 Å². The molecule has 0 spiro atoms. The van der Waals surface area contributed by atoms with Gasteiger partial charge in [0.1, 0.15) is 5.82 Å². The summed E-state index contributed by atoms with van der Waals surface area (Å²) in [6.45, 7) is 4.49. The number of aromatic amines is 1. The number of hydrogen-bond acceptors (Lipinski definition) is 5. The van der Waals surface area contributed by atoms with Crippen LogP contribution >= 0.6 is 0 Å². The van der Waals surface area contributed by atoms with Crippen LogP contribution in [0.25, 0.3) is 22.3 Å². The summed E-state index contributed by atoms with van der Waals surface area (Å²) in [5.41, 5.74) is 2.48. The summed E-state index contributed by atoms with van der Waals surface area (Å²) in [4.78, 5) is 28.2. The number of fused-ring (bicyclic) bond motifs is 1. The molecule has 7 nitrogen and oxygen atoms in total. The lowest BCUT2D eigenvalue weighted by molar-refractivity contribution is -0.117. The van der Waals surface area contributed by atoms with Crippen molar-refractivity contribution in [1.29, 1.82) is 0 Å². The minimum atomic E-state index is 0.0447. The van der Waals surface area contributed by atoms with Crippen LogP contribution in [-0.2, 0) is 4.79 Å². The highest BCUT2D eigenvalue weighted by Crippen LogP contribution is 2.38. The molecular formula is C18H19N5O2. The first-order valence-electron chi connectivity index (χ1n) is 8.40. The van der Waals surface area contributed by atoms with Gasteiger partial charge in [-0.2, -0.15) is 4.98 Å². The van der Waals surface area contributed by atoms with Crippen LogP contribution in [0.15, 0.2) is 30.6 Å². The van der Waals surface area contributed by atoms with Gasteiger partial charge in [-0.1, -0.05) is 6.92 Å². The zero-order valence-corrected chi connectivity index (χ0v) is 14.1. The lowest BCUT2D eigenvalue weighted by atomic mass is 10.2. The Morgan fingerprint density at radius 2 is 2.24 bits per heavy atom. The van der Waals surface area contributed by atoms with Crippen molar-refractivity contribution >= 4 is 22.6 Å². The van der Waals surface area contributed by atoms with Crippen molar-refractivity contribution in [1.82, 2.24) is 19.9 Å². The molecule has 0 aliphatic heterocycles. The summed E-state index contributed by atoms with van der Waals surface area (Å²) >= 11 is 0. The molecule has 0 bridgehead atoms. The molecule has 3 aromatic heterocycles. The van der Waals surface area contributed by atoms with Gasteiger partial charge in [0, 0.05) is 29.8 Å². The third kappa shape index (κ3) is 3.17. The predicted octanol–water partition coefficient (Wildman–Crippen LogP) is 3.01. The maximum atomic E-state index is 12.1. The summed E-state index contributed by atoms with van der Waals surface area (Å²) in [6.07, 6.45) is 4.36. The van der Waals surface area contributed by atoms with Crippen molar-refractivity contribution in [3.63, 3.8) is 0 Å². The topological polar surface area (TPSA) is 92.8 Å². The highest BCUT2D eigenvalue weighted by Gasteiger charge is 2.39. The van der Waals surface area contributed by atoms with Gasteiger partial charge in [0.2, 0.25) is 5.91 Å². The smallest absolute Gasteiger partial charge is 0.316 e. The molecule has 4 rings (SSSR count). The predicted molar refractivity (Wildman–Crippen MR) is 94.2 cm³/mol. The van der Waals surface area contributed by atoms with E-state index in [0.29, 0.717) is 24.4 Å². The number of amides is 1. The Bertz CT molecular complexity index is 936. The van der Waals surface area contributed by atoms with Crippen molar-refractivity contribution in [2.75, 3.05) is 11.9 Å². The number of nitrogens with zero attached hydrogens (tertiary/aromatic N) is 3. The minimum absolute atomic E-state index is 0.0447. The second-order valence-electron chi connectivity index (χ2n) is 6.31. The highest BCUT2D eigenvalue weighted by molar-refractivity contribution is 5.95. The molecule has 0 saturated heterocycles. The number of pyridine rings is 1. The lowest BCUT2D eigenvalue weighted by Gasteiger charge is -2.03. The molecule has 1 aliphatic carbocycles. The quantitative estimate of drug-likeness (QED) is 0.746. The molecule has 3 aromatic rings. The first kappa shape index (κ1) is 15.6. The number of carbonyl (C=O) groups excluding carboxylic acids is 1. The maximum Gasteiger partial charge on any atom is 0.316 e. The van der Waals surface area contributed by atoms with E-state index in [0.717, 1.165) is 28.7 Å². The van der Waals surface area contributed by atoms with Crippen molar-refractivity contribution in [2.24, 2.45) is 11.8 Å². The standard InChI is InChI=1S/C18H19N5O2/c1-3-25-18-19-5-4-13(22-18)15-7-11-9-20-16(8-14(11)21-15)23-17(24)12-6-10(12)2/h4-5,7-10,12,21H,3,6H2,1-2H3,(H,20,23,24)/t10-,12-/m0/s1. The molecule has 25 heavy (non-hydrogen) atoms. The third-order valence-corrected chi connectivity index (χ3v) is 4.38. The SMILES string of the molecule is CCOc1nccc(-c2cc3cnc(NC(=O)[C@H]4C[C@@H]4C)cc3[nH]2)n1. The van der Waals surface area contributed by atoms with Crippen molar-refractivity contribution in [3.8, 4) is 17.4 Å². The molecule has 0 radical (unpaired) electrons. The van der Waals surface area contributed by atoms with Gasteiger partial charge >= 0.3 is 6.01 Å². The first-order chi connectivity index (χ1) is 12.1. The number of rotatable bonds is 5. The summed E-state index contributed by atoms with van der Waals surface area (Å²) in [6, 6.07) is 5.98. The van der Waals surface area contributed by atoms with Crippen molar-refractivity contribution in [3.05, 3.63) is 30.6 Å². The fraction of sp³-hybridized carbons (Fsp3) is 0.333. The summed E-state index contributed by atoms with van der Waals surface area (Å²) in [5.74, 6) is 1.19. The van der Waals surface area contributed by atoms with Crippen LogP contribution in [0.1, 0.15) is 20.3 Å². The molecule has 2 atom stereocenters. The van der Waals surface area contributed by atoms with Crippen LogP contribution in [0.3, 0.4) is 0 Å². The van der Waals surface area contributed by atoms with E-state index in [1.807, 2.05) is 25.1 Å². The number of nitrogens with one attached hydrogen (secondary N) is 2. The number of hydrogen-bond donors (Lipinski definition) is 2. The Morgan fingerprint density at radius 1 is 1.40 bits per heavy atom. The van der Waals surface area contributed by atoms with Gasteiger partial charge in [0.05, 0.1) is 23.5 Å². The Morgan fingerprint density at radius 3 is 3.00 bits per heavy atom. The largest absolute Gasteiger partial charge is 0.464 e. The van der Waals surface area contributed by atoms with Gasteiger partial charge in [-0.15, -0.1) is 0 Å². The first-order valence-corrected chi connectivity index (χ1v) is 8.40. The second-order valence-corrected chi connectivity index (χ2v) is 6.31. The fourth-order valence-corrected chi connectivity index (χ4v) is 2.83. The van der Waals surface area contributed by atoms with Gasteiger partial charge < -0.3 is 15.0 Å². The van der Waals surface area contributed by atoms with Gasteiger partial charge in [-0.25, -0.2) is 9.97 Å². The molecule has 7 heteroatoms. The van der Waals surface area contributed by atoms with Crippen LogP contribution in [0.4, 0.5) is 5.82 Å². The molecule has 2 N–H and O–H groups in total. The number of anilines is 1. The second kappa shape index (κ2) is 6.16. The fourth-order valence-electron chi connectivity index (χ4n) is 2.83. The van der Waals surface area contributed by atoms with E-state index in [-0.39, 0.29) is 11.8 Å². The molecule has 3 heterocycles. The number of carbonyl (C=O) groups is 1. The van der Waals surface area contributed by atoms with Gasteiger partial charge in [0.15, 0.2) is 0 Å². The molecule has 1 fully saturated rings. The normalized spacial score (nSPS) is 19.0. The molecule has 0 aromatic carbocycles. The average molecular weight is 337 g/mol.